The minimum atomic E-state index is -0.646. The fraction of sp³-hybridized carbons (Fsp3) is 0.519. The fourth-order valence-corrected chi connectivity index (χ4v) is 7.07. The molecule has 5 rings (SSSR count). The Morgan fingerprint density at radius 3 is 2.71 bits per heavy atom. The van der Waals surface area contributed by atoms with Gasteiger partial charge < -0.3 is 14.6 Å². The lowest BCUT2D eigenvalue weighted by molar-refractivity contribution is -0.146. The Morgan fingerprint density at radius 2 is 1.97 bits per heavy atom. The highest BCUT2D eigenvalue weighted by molar-refractivity contribution is 5.71. The number of fused-ring (bicyclic) bond motifs is 5. The number of aryl methyl sites for hydroxylation is 1. The zero-order valence-corrected chi connectivity index (χ0v) is 18.4. The van der Waals surface area contributed by atoms with E-state index in [1.165, 1.54) is 16.7 Å². The van der Waals surface area contributed by atoms with Gasteiger partial charge in [-0.15, -0.1) is 0 Å². The third-order valence-corrected chi connectivity index (χ3v) is 8.48. The molecule has 2 aromatic carbocycles. The molecule has 6 atom stereocenters. The first-order valence-corrected chi connectivity index (χ1v) is 11.6. The zero-order valence-electron chi connectivity index (χ0n) is 18.4. The molecule has 2 saturated carbocycles. The number of hydrogen-bond donors (Lipinski definition) is 1. The van der Waals surface area contributed by atoms with Gasteiger partial charge in [0, 0.05) is 7.11 Å². The Kier molecular flexibility index (Phi) is 5.29. The van der Waals surface area contributed by atoms with Crippen LogP contribution in [0.3, 0.4) is 0 Å². The van der Waals surface area contributed by atoms with Crippen molar-refractivity contribution in [3.05, 3.63) is 65.2 Å². The zero-order chi connectivity index (χ0) is 21.6. The predicted octanol–water partition coefficient (Wildman–Crippen LogP) is 5.45. The number of carboxylic acids is 1. The number of aliphatic carboxylic acids is 1. The van der Waals surface area contributed by atoms with Crippen LogP contribution in [-0.2, 0) is 22.6 Å². The van der Waals surface area contributed by atoms with Gasteiger partial charge in [-0.05, 0) is 84.1 Å². The Labute approximate surface area is 184 Å². The summed E-state index contributed by atoms with van der Waals surface area (Å²) in [6, 6.07) is 16.8. The van der Waals surface area contributed by atoms with E-state index < -0.39 is 5.97 Å². The summed E-state index contributed by atoms with van der Waals surface area (Å²) in [6.07, 6.45) is 4.90. The van der Waals surface area contributed by atoms with Crippen LogP contribution in [0, 0.1) is 23.2 Å². The van der Waals surface area contributed by atoms with Crippen molar-refractivity contribution < 1.29 is 19.4 Å². The van der Waals surface area contributed by atoms with Gasteiger partial charge in [-0.1, -0.05) is 43.3 Å². The molecule has 0 heterocycles. The van der Waals surface area contributed by atoms with Crippen LogP contribution in [0.5, 0.6) is 5.75 Å². The Balaban J connectivity index is 1.38. The van der Waals surface area contributed by atoms with Gasteiger partial charge in [-0.25, -0.2) is 0 Å². The molecule has 164 valence electrons. The molecule has 1 N–H and O–H groups in total. The molecule has 2 fully saturated rings. The maximum absolute atomic E-state index is 12.1. The van der Waals surface area contributed by atoms with E-state index in [1.807, 2.05) is 18.2 Å². The van der Waals surface area contributed by atoms with Crippen LogP contribution in [0.15, 0.2) is 48.5 Å². The number of carboxylic acid groups (broad SMARTS) is 1. The van der Waals surface area contributed by atoms with Crippen molar-refractivity contribution in [1.82, 2.24) is 0 Å². The van der Waals surface area contributed by atoms with Crippen molar-refractivity contribution in [2.75, 3.05) is 7.11 Å². The highest BCUT2D eigenvalue weighted by Gasteiger charge is 2.60. The average molecular weight is 421 g/mol. The highest BCUT2D eigenvalue weighted by atomic mass is 16.5. The van der Waals surface area contributed by atoms with E-state index in [9.17, 15) is 9.90 Å². The topological polar surface area (TPSA) is 55.8 Å². The molecule has 0 aromatic heterocycles. The van der Waals surface area contributed by atoms with Gasteiger partial charge in [0.05, 0.1) is 12.0 Å². The summed E-state index contributed by atoms with van der Waals surface area (Å²) in [5, 5.41) is 9.98. The fourth-order valence-electron chi connectivity index (χ4n) is 7.07. The molecule has 0 bridgehead atoms. The minimum Gasteiger partial charge on any atom is -0.489 e. The van der Waals surface area contributed by atoms with Gasteiger partial charge >= 0.3 is 5.97 Å². The van der Waals surface area contributed by atoms with Gasteiger partial charge in [-0.2, -0.15) is 0 Å². The van der Waals surface area contributed by atoms with Gasteiger partial charge in [0.25, 0.3) is 0 Å². The SMILES string of the molecule is CO[C@H]1C[C@H](C(=O)O)[C@H]2[C@@H]3CCc4cc(OCc5ccccc5)ccc4[C@H]3CC[C@@]21C. The number of rotatable bonds is 5. The van der Waals surface area contributed by atoms with E-state index in [-0.39, 0.29) is 23.4 Å². The maximum atomic E-state index is 12.1. The summed E-state index contributed by atoms with van der Waals surface area (Å²) in [7, 11) is 1.75. The molecule has 3 aliphatic carbocycles. The van der Waals surface area contributed by atoms with Crippen molar-refractivity contribution in [3.63, 3.8) is 0 Å². The summed E-state index contributed by atoms with van der Waals surface area (Å²) >= 11 is 0. The van der Waals surface area contributed by atoms with Crippen LogP contribution in [0.2, 0.25) is 0 Å². The molecule has 0 unspecified atom stereocenters. The summed E-state index contributed by atoms with van der Waals surface area (Å²) < 4.78 is 11.9. The van der Waals surface area contributed by atoms with Gasteiger partial charge in [0.15, 0.2) is 0 Å². The van der Waals surface area contributed by atoms with Crippen LogP contribution < -0.4 is 4.74 Å². The lowest BCUT2D eigenvalue weighted by Crippen LogP contribution is -2.46. The van der Waals surface area contributed by atoms with Crippen LogP contribution in [0.1, 0.15) is 55.2 Å². The van der Waals surface area contributed by atoms with E-state index in [1.54, 1.807) is 7.11 Å². The maximum Gasteiger partial charge on any atom is 0.306 e. The molecule has 4 nitrogen and oxygen atoms in total. The van der Waals surface area contributed by atoms with Crippen molar-refractivity contribution in [3.8, 4) is 5.75 Å². The van der Waals surface area contributed by atoms with E-state index in [2.05, 4.69) is 37.3 Å². The number of benzene rings is 2. The first-order chi connectivity index (χ1) is 15.0. The predicted molar refractivity (Wildman–Crippen MR) is 119 cm³/mol. The first kappa shape index (κ1) is 20.6. The lowest BCUT2D eigenvalue weighted by Gasteiger charge is -2.51. The minimum absolute atomic E-state index is 0.0325. The van der Waals surface area contributed by atoms with Crippen LogP contribution in [-0.4, -0.2) is 24.3 Å². The number of hydrogen-bond acceptors (Lipinski definition) is 3. The van der Waals surface area contributed by atoms with Crippen LogP contribution in [0.25, 0.3) is 0 Å². The quantitative estimate of drug-likeness (QED) is 0.699. The molecule has 2 aromatic rings. The van der Waals surface area contributed by atoms with E-state index in [0.717, 1.165) is 31.4 Å². The van der Waals surface area contributed by atoms with Crippen LogP contribution in [0.4, 0.5) is 0 Å². The molecular weight excluding hydrogens is 388 g/mol. The average Bonchev–Trinajstić information content (AvgIpc) is 3.10. The van der Waals surface area contributed by atoms with E-state index >= 15 is 0 Å². The standard InChI is InChI=1S/C27H32O4/c1-27-13-12-21-20-11-9-19(31-16-17-6-4-3-5-7-17)14-18(20)8-10-22(21)25(27)23(26(28)29)15-24(27)30-2/h3-7,9,11,14,21-25H,8,10,12-13,15-16H2,1-2H3,(H,28,29)/t21-,22-,23+,24+,25-,27-/m1/s1. The van der Waals surface area contributed by atoms with E-state index in [4.69, 9.17) is 9.47 Å². The lowest BCUT2D eigenvalue weighted by atomic mass is 9.54. The molecule has 0 amide bonds. The third-order valence-electron chi connectivity index (χ3n) is 8.48. The summed E-state index contributed by atoms with van der Waals surface area (Å²) in [5.41, 5.74) is 3.93. The molecule has 0 spiro atoms. The first-order valence-electron chi connectivity index (χ1n) is 11.6. The third kappa shape index (κ3) is 3.45. The normalized spacial score (nSPS) is 33.8. The Bertz CT molecular complexity index is 955. The molecular formula is C27H32O4. The van der Waals surface area contributed by atoms with Crippen molar-refractivity contribution in [1.29, 1.82) is 0 Å². The monoisotopic (exact) mass is 420 g/mol. The number of carbonyl (C=O) groups is 1. The van der Waals surface area contributed by atoms with Gasteiger partial charge in [0.2, 0.25) is 0 Å². The van der Waals surface area contributed by atoms with Gasteiger partial charge in [0.1, 0.15) is 12.4 Å². The second-order valence-electron chi connectivity index (χ2n) is 9.92. The van der Waals surface area contributed by atoms with E-state index in [0.29, 0.717) is 24.9 Å². The van der Waals surface area contributed by atoms with Crippen molar-refractivity contribution in [2.45, 2.75) is 57.7 Å². The molecule has 31 heavy (non-hydrogen) atoms. The molecule has 0 saturated heterocycles. The summed E-state index contributed by atoms with van der Waals surface area (Å²) in [5.74, 6) is 1.04. The Morgan fingerprint density at radius 1 is 1.16 bits per heavy atom. The molecule has 3 aliphatic rings. The summed E-state index contributed by atoms with van der Waals surface area (Å²) in [4.78, 5) is 12.1. The molecule has 0 radical (unpaired) electrons. The van der Waals surface area contributed by atoms with Gasteiger partial charge in [-0.3, -0.25) is 4.79 Å². The Hall–Kier alpha value is -2.33. The number of methoxy groups -OCH3 is 1. The second kappa shape index (κ2) is 7.98. The molecule has 0 aliphatic heterocycles. The van der Waals surface area contributed by atoms with Crippen molar-refractivity contribution >= 4 is 5.97 Å². The smallest absolute Gasteiger partial charge is 0.306 e. The second-order valence-corrected chi connectivity index (χ2v) is 9.92. The highest BCUT2D eigenvalue weighted by Crippen LogP contribution is 2.63. The van der Waals surface area contributed by atoms with Crippen LogP contribution >= 0.6 is 0 Å². The largest absolute Gasteiger partial charge is 0.489 e. The summed E-state index contributed by atoms with van der Waals surface area (Å²) in [6.45, 7) is 2.85. The molecule has 4 heteroatoms. The number of ether oxygens (including phenoxy) is 2. The van der Waals surface area contributed by atoms with Crippen molar-refractivity contribution in [2.24, 2.45) is 23.2 Å².